The lowest BCUT2D eigenvalue weighted by molar-refractivity contribution is -0.123. The molecular formula is C19H29N3O3S. The Bertz CT molecular complexity index is 929. The predicted octanol–water partition coefficient (Wildman–Crippen LogP) is 2.95. The number of hydrogen-bond donors (Lipinski definition) is 1. The molecule has 0 radical (unpaired) electrons. The maximum atomic E-state index is 13.0. The summed E-state index contributed by atoms with van der Waals surface area (Å²) >= 11 is 1.48. The largest absolute Gasteiger partial charge is 0.350 e. The summed E-state index contributed by atoms with van der Waals surface area (Å²) < 4.78 is 2.75. The number of nitrogens with one attached hydrogen (secondary N) is 1. The third-order valence-corrected chi connectivity index (χ3v) is 5.56. The molecule has 2 aromatic heterocycles. The fourth-order valence-electron chi connectivity index (χ4n) is 2.96. The fourth-order valence-corrected chi connectivity index (χ4v) is 4.13. The number of rotatable bonds is 6. The number of unbranched alkanes of at least 4 members (excludes halogenated alkanes) is 2. The smallest absolute Gasteiger partial charge is 0.332 e. The van der Waals surface area contributed by atoms with E-state index in [9.17, 15) is 14.4 Å². The summed E-state index contributed by atoms with van der Waals surface area (Å²) in [6.07, 6.45) is 2.93. The minimum Gasteiger partial charge on any atom is -0.350 e. The first-order valence-electron chi connectivity index (χ1n) is 9.11. The van der Waals surface area contributed by atoms with Crippen molar-refractivity contribution in [3.63, 3.8) is 0 Å². The summed E-state index contributed by atoms with van der Waals surface area (Å²) in [7, 11) is 0. The van der Waals surface area contributed by atoms with Gasteiger partial charge in [0.15, 0.2) is 0 Å². The van der Waals surface area contributed by atoms with Gasteiger partial charge in [-0.05, 0) is 46.6 Å². The summed E-state index contributed by atoms with van der Waals surface area (Å²) in [5.74, 6) is -0.333. The van der Waals surface area contributed by atoms with Crippen LogP contribution in [0.3, 0.4) is 0 Å². The van der Waals surface area contributed by atoms with Crippen LogP contribution in [0.25, 0.3) is 10.2 Å². The first kappa shape index (κ1) is 20.4. The zero-order valence-electron chi connectivity index (χ0n) is 16.6. The Labute approximate surface area is 157 Å². The number of aryl methyl sites for hydroxylation is 3. The van der Waals surface area contributed by atoms with E-state index in [0.29, 0.717) is 11.9 Å². The molecule has 7 heteroatoms. The summed E-state index contributed by atoms with van der Waals surface area (Å²) in [6, 6.07) is 0. The molecule has 0 fully saturated rings. The molecule has 0 aliphatic rings. The van der Waals surface area contributed by atoms with Gasteiger partial charge in [0, 0.05) is 17.0 Å². The second-order valence-electron chi connectivity index (χ2n) is 7.79. The zero-order valence-corrected chi connectivity index (χ0v) is 17.4. The van der Waals surface area contributed by atoms with Crippen molar-refractivity contribution >= 4 is 27.5 Å². The number of carbonyl (C=O) groups is 1. The molecule has 0 saturated carbocycles. The van der Waals surface area contributed by atoms with Crippen LogP contribution >= 0.6 is 11.3 Å². The van der Waals surface area contributed by atoms with Crippen LogP contribution in [0.4, 0.5) is 0 Å². The quantitative estimate of drug-likeness (QED) is 0.784. The summed E-state index contributed by atoms with van der Waals surface area (Å²) in [5, 5.41) is 3.38. The van der Waals surface area contributed by atoms with Crippen molar-refractivity contribution in [1.82, 2.24) is 14.5 Å². The third kappa shape index (κ3) is 4.26. The van der Waals surface area contributed by atoms with Crippen LogP contribution in [0.15, 0.2) is 9.59 Å². The van der Waals surface area contributed by atoms with Crippen molar-refractivity contribution in [2.24, 2.45) is 0 Å². The highest BCUT2D eigenvalue weighted by atomic mass is 32.1. The van der Waals surface area contributed by atoms with Crippen LogP contribution < -0.4 is 16.6 Å². The van der Waals surface area contributed by atoms with Crippen molar-refractivity contribution < 1.29 is 4.79 Å². The summed E-state index contributed by atoms with van der Waals surface area (Å²) in [4.78, 5) is 40.0. The minimum absolute atomic E-state index is 0.257. The molecule has 2 aromatic rings. The van der Waals surface area contributed by atoms with E-state index in [1.54, 1.807) is 4.57 Å². The van der Waals surface area contributed by atoms with Gasteiger partial charge < -0.3 is 5.32 Å². The molecule has 1 N–H and O–H groups in total. The van der Waals surface area contributed by atoms with Gasteiger partial charge in [-0.3, -0.25) is 18.7 Å². The van der Waals surface area contributed by atoms with E-state index in [-0.39, 0.29) is 18.0 Å². The van der Waals surface area contributed by atoms with E-state index < -0.39 is 11.2 Å². The molecule has 0 aliphatic heterocycles. The average molecular weight is 380 g/mol. The Morgan fingerprint density at radius 2 is 1.77 bits per heavy atom. The van der Waals surface area contributed by atoms with Crippen molar-refractivity contribution in [2.75, 3.05) is 0 Å². The Kier molecular flexibility index (Phi) is 6.11. The maximum Gasteiger partial charge on any atom is 0.332 e. The maximum absolute atomic E-state index is 13.0. The van der Waals surface area contributed by atoms with Crippen LogP contribution in [0.1, 0.15) is 57.4 Å². The molecule has 2 heterocycles. The Morgan fingerprint density at radius 1 is 1.12 bits per heavy atom. The van der Waals surface area contributed by atoms with Crippen LogP contribution in [-0.4, -0.2) is 20.6 Å². The number of hydrogen-bond acceptors (Lipinski definition) is 4. The third-order valence-electron chi connectivity index (χ3n) is 4.33. The molecule has 0 spiro atoms. The number of amides is 1. The normalized spacial score (nSPS) is 11.9. The molecule has 26 heavy (non-hydrogen) atoms. The highest BCUT2D eigenvalue weighted by Gasteiger charge is 2.21. The highest BCUT2D eigenvalue weighted by molar-refractivity contribution is 7.18. The summed E-state index contributed by atoms with van der Waals surface area (Å²) in [6.45, 7) is 11.9. The molecule has 2 rings (SSSR count). The number of fused-ring (bicyclic) bond motifs is 1. The molecule has 0 unspecified atom stereocenters. The topological polar surface area (TPSA) is 73.1 Å². The van der Waals surface area contributed by atoms with Crippen molar-refractivity contribution in [3.05, 3.63) is 31.3 Å². The van der Waals surface area contributed by atoms with Crippen LogP contribution in [-0.2, 0) is 17.9 Å². The van der Waals surface area contributed by atoms with Crippen LogP contribution in [0.2, 0.25) is 0 Å². The van der Waals surface area contributed by atoms with Gasteiger partial charge in [-0.15, -0.1) is 11.3 Å². The van der Waals surface area contributed by atoms with Crippen molar-refractivity contribution in [3.8, 4) is 0 Å². The van der Waals surface area contributed by atoms with Gasteiger partial charge >= 0.3 is 5.69 Å². The molecule has 144 valence electrons. The number of aromatic nitrogens is 2. The number of carbonyl (C=O) groups excluding carboxylic acids is 1. The molecule has 0 bridgehead atoms. The number of nitrogens with zero attached hydrogens (tertiary/aromatic N) is 2. The lowest BCUT2D eigenvalue weighted by Gasteiger charge is -2.21. The predicted molar refractivity (Wildman–Crippen MR) is 107 cm³/mol. The SMILES string of the molecule is CCCCCn1c(=O)n(CC(=O)NC(C)(C)C)c(=O)c2c(C)c(C)sc21. The van der Waals surface area contributed by atoms with Crippen molar-refractivity contribution in [1.29, 1.82) is 0 Å². The van der Waals surface area contributed by atoms with E-state index in [0.717, 1.165) is 39.1 Å². The van der Waals surface area contributed by atoms with Crippen molar-refractivity contribution in [2.45, 2.75) is 79.4 Å². The highest BCUT2D eigenvalue weighted by Crippen LogP contribution is 2.27. The van der Waals surface area contributed by atoms with E-state index in [1.165, 1.54) is 11.3 Å². The summed E-state index contributed by atoms with van der Waals surface area (Å²) in [5.41, 5.74) is -0.296. The molecule has 0 saturated heterocycles. The van der Waals surface area contributed by atoms with Gasteiger partial charge in [0.05, 0.1) is 5.39 Å². The first-order valence-corrected chi connectivity index (χ1v) is 9.92. The fraction of sp³-hybridized carbons (Fsp3) is 0.632. The van der Waals surface area contributed by atoms with Crippen LogP contribution in [0, 0.1) is 13.8 Å². The lowest BCUT2D eigenvalue weighted by atomic mass is 10.1. The zero-order chi connectivity index (χ0) is 19.6. The van der Waals surface area contributed by atoms with Crippen LogP contribution in [0.5, 0.6) is 0 Å². The minimum atomic E-state index is -0.417. The van der Waals surface area contributed by atoms with Gasteiger partial charge in [0.2, 0.25) is 5.91 Å². The average Bonchev–Trinajstić information content (AvgIpc) is 2.81. The van der Waals surface area contributed by atoms with Gasteiger partial charge in [0.25, 0.3) is 5.56 Å². The van der Waals surface area contributed by atoms with Gasteiger partial charge in [-0.25, -0.2) is 4.79 Å². The monoisotopic (exact) mass is 379 g/mol. The molecule has 6 nitrogen and oxygen atoms in total. The van der Waals surface area contributed by atoms with E-state index in [1.807, 2.05) is 34.6 Å². The first-order chi connectivity index (χ1) is 12.1. The second-order valence-corrected chi connectivity index (χ2v) is 9.00. The standard InChI is InChI=1S/C19H29N3O3S/c1-7-8-9-10-21-17-15(12(2)13(3)26-17)16(24)22(18(21)25)11-14(23)20-19(4,5)6/h7-11H2,1-6H3,(H,20,23). The van der Waals surface area contributed by atoms with Gasteiger partial charge in [-0.2, -0.15) is 0 Å². The molecular weight excluding hydrogens is 350 g/mol. The Balaban J connectivity index is 2.59. The van der Waals surface area contributed by atoms with E-state index >= 15 is 0 Å². The van der Waals surface area contributed by atoms with Gasteiger partial charge in [-0.1, -0.05) is 19.8 Å². The van der Waals surface area contributed by atoms with E-state index in [4.69, 9.17) is 0 Å². The number of thiophene rings is 1. The van der Waals surface area contributed by atoms with E-state index in [2.05, 4.69) is 12.2 Å². The molecule has 0 atom stereocenters. The Morgan fingerprint density at radius 3 is 2.35 bits per heavy atom. The Hall–Kier alpha value is -1.89. The second kappa shape index (κ2) is 7.78. The lowest BCUT2D eigenvalue weighted by Crippen LogP contribution is -2.47. The molecule has 0 aromatic carbocycles. The van der Waals surface area contributed by atoms with Gasteiger partial charge in [0.1, 0.15) is 11.4 Å². The molecule has 1 amide bonds. The molecule has 0 aliphatic carbocycles.